The third kappa shape index (κ3) is 12.5. The van der Waals surface area contributed by atoms with Crippen LogP contribution in [0.25, 0.3) is 0 Å². The van der Waals surface area contributed by atoms with E-state index in [4.69, 9.17) is 19.9 Å². The quantitative estimate of drug-likeness (QED) is 0.0763. The van der Waals surface area contributed by atoms with Crippen molar-refractivity contribution in [1.82, 2.24) is 20.9 Å². The molecule has 0 spiro atoms. The van der Waals surface area contributed by atoms with E-state index in [0.29, 0.717) is 48.2 Å². The first-order valence-electron chi connectivity index (χ1n) is 21.8. The van der Waals surface area contributed by atoms with Crippen molar-refractivity contribution in [3.63, 3.8) is 0 Å². The molecule has 1 saturated heterocycles. The Morgan fingerprint density at radius 1 is 1.00 bits per heavy atom. The van der Waals surface area contributed by atoms with Crippen LogP contribution >= 0.6 is 0 Å². The second kappa shape index (κ2) is 22.6. The van der Waals surface area contributed by atoms with Gasteiger partial charge in [-0.25, -0.2) is 4.79 Å². The molecule has 0 aromatic heterocycles. The van der Waals surface area contributed by atoms with Crippen LogP contribution in [0.2, 0.25) is 0 Å². The minimum Gasteiger partial charge on any atom is -0.439 e. The van der Waals surface area contributed by atoms with Crippen LogP contribution in [0, 0.1) is 11.8 Å². The number of nitrogens with one attached hydrogen (secondary N) is 4. The van der Waals surface area contributed by atoms with Crippen molar-refractivity contribution in [2.75, 3.05) is 26.1 Å². The summed E-state index contributed by atoms with van der Waals surface area (Å²) < 4.78 is 16.7. The SMILES string of the molecule is CO[C@H]1/C=C\C=C(/C)C(=O)NC2=CC(=O)C(NCCCCCC(=O)Nc3cccc4c3CN(C3CCC(=O)NC3=O)C4=O)=C(C[C@@H](C)C[C@H](OC)[C@@H](O)[C@@H](C)/C=C(\C)[C@@H]1OC(N)=O)C2=O. The van der Waals surface area contributed by atoms with Crippen molar-refractivity contribution in [1.29, 1.82) is 0 Å². The number of benzene rings is 1. The summed E-state index contributed by atoms with van der Waals surface area (Å²) in [6, 6.07) is 4.23. The van der Waals surface area contributed by atoms with Gasteiger partial charge in [0.2, 0.25) is 29.3 Å². The number of amides is 6. The summed E-state index contributed by atoms with van der Waals surface area (Å²) in [6.07, 6.45) is 5.41. The maximum absolute atomic E-state index is 14.1. The molecule has 18 nitrogen and oxygen atoms in total. The molecule has 2 bridgehead atoms. The summed E-state index contributed by atoms with van der Waals surface area (Å²) in [5, 5.41) is 22.4. The molecule has 1 aliphatic carbocycles. The van der Waals surface area contributed by atoms with Crippen molar-refractivity contribution in [2.45, 2.75) is 116 Å². The van der Waals surface area contributed by atoms with Gasteiger partial charge in [0.15, 0.2) is 6.10 Å². The Bertz CT molecular complexity index is 2230. The van der Waals surface area contributed by atoms with E-state index in [-0.39, 0.29) is 84.8 Å². The Morgan fingerprint density at radius 2 is 1.75 bits per heavy atom. The number of unbranched alkanes of at least 4 members (excludes halogenated alkanes) is 2. The van der Waals surface area contributed by atoms with Crippen molar-refractivity contribution in [2.24, 2.45) is 17.6 Å². The molecular weight excluding hydrogens is 841 g/mol. The predicted molar refractivity (Wildman–Crippen MR) is 237 cm³/mol. The zero-order valence-electron chi connectivity index (χ0n) is 37.7. The van der Waals surface area contributed by atoms with E-state index in [1.807, 2.05) is 6.92 Å². The maximum Gasteiger partial charge on any atom is 0.405 e. The Morgan fingerprint density at radius 3 is 2.45 bits per heavy atom. The number of nitrogens with zero attached hydrogens (tertiary/aromatic N) is 1. The maximum atomic E-state index is 14.1. The number of ether oxygens (including phenoxy) is 3. The van der Waals surface area contributed by atoms with E-state index in [1.54, 1.807) is 44.2 Å². The number of hydrogen-bond donors (Lipinski definition) is 6. The van der Waals surface area contributed by atoms with Crippen molar-refractivity contribution in [3.05, 3.63) is 87.8 Å². The van der Waals surface area contributed by atoms with Gasteiger partial charge in [-0.15, -0.1) is 0 Å². The number of fused-ring (bicyclic) bond motifs is 3. The summed E-state index contributed by atoms with van der Waals surface area (Å²) >= 11 is 0. The van der Waals surface area contributed by atoms with E-state index in [2.05, 4.69) is 21.3 Å². The average Bonchev–Trinajstić information content (AvgIpc) is 3.59. The number of anilines is 1. The number of Topliss-reactive ketones (excluding diaryl/α,β-unsaturated/α-hetero) is 1. The van der Waals surface area contributed by atoms with Gasteiger partial charge in [0.05, 0.1) is 23.6 Å². The molecule has 1 aromatic rings. The molecule has 5 rings (SSSR count). The number of allylic oxidation sites excluding steroid dienone is 4. The van der Waals surface area contributed by atoms with Crippen molar-refractivity contribution >= 4 is 52.9 Å². The number of methoxy groups -OCH3 is 2. The first-order valence-corrected chi connectivity index (χ1v) is 21.8. The highest BCUT2D eigenvalue weighted by atomic mass is 16.6. The molecule has 3 heterocycles. The molecule has 6 amide bonds. The summed E-state index contributed by atoms with van der Waals surface area (Å²) in [7, 11) is 2.88. The molecule has 65 heavy (non-hydrogen) atoms. The third-order valence-electron chi connectivity index (χ3n) is 12.0. The van der Waals surface area contributed by atoms with Gasteiger partial charge in [0.1, 0.15) is 12.1 Å². The van der Waals surface area contributed by atoms with E-state index in [0.717, 1.165) is 6.08 Å². The molecule has 0 radical (unpaired) electrons. The zero-order valence-corrected chi connectivity index (χ0v) is 37.7. The molecular formula is C47H60N6O12. The lowest BCUT2D eigenvalue weighted by Crippen LogP contribution is -2.52. The van der Waals surface area contributed by atoms with Crippen LogP contribution in [0.15, 0.2) is 76.7 Å². The Balaban J connectivity index is 1.25. The molecule has 1 aromatic carbocycles. The molecule has 350 valence electrons. The van der Waals surface area contributed by atoms with Gasteiger partial charge >= 0.3 is 6.09 Å². The highest BCUT2D eigenvalue weighted by Gasteiger charge is 2.40. The van der Waals surface area contributed by atoms with Gasteiger partial charge in [-0.05, 0) is 69.6 Å². The number of aliphatic hydroxyl groups excluding tert-OH is 1. The monoisotopic (exact) mass is 900 g/mol. The van der Waals surface area contributed by atoms with E-state index >= 15 is 0 Å². The number of primary amides is 1. The molecule has 7 atom stereocenters. The lowest BCUT2D eigenvalue weighted by atomic mass is 9.85. The fourth-order valence-electron chi connectivity index (χ4n) is 8.49. The molecule has 4 aliphatic rings. The topological polar surface area (TPSA) is 262 Å². The molecule has 7 N–H and O–H groups in total. The van der Waals surface area contributed by atoms with Gasteiger partial charge in [0.25, 0.3) is 11.8 Å². The Kier molecular flexibility index (Phi) is 17.3. The van der Waals surface area contributed by atoms with Gasteiger partial charge in [-0.1, -0.05) is 50.6 Å². The second-order valence-electron chi connectivity index (χ2n) is 16.9. The number of carbonyl (C=O) groups is 8. The van der Waals surface area contributed by atoms with Gasteiger partial charge in [0, 0.05) is 80.1 Å². The Hall–Kier alpha value is -6.24. The minimum absolute atomic E-state index is 0.102. The molecule has 1 fully saturated rings. The number of ketones is 2. The normalized spacial score (nSPS) is 28.0. The highest BCUT2D eigenvalue weighted by molar-refractivity contribution is 6.23. The highest BCUT2D eigenvalue weighted by Crippen LogP contribution is 2.33. The fraction of sp³-hybridized carbons (Fsp3) is 0.489. The summed E-state index contributed by atoms with van der Waals surface area (Å²) in [4.78, 5) is 105. The van der Waals surface area contributed by atoms with Crippen LogP contribution in [-0.2, 0) is 49.5 Å². The Labute approximate surface area is 378 Å². The molecule has 1 unspecified atom stereocenters. The largest absolute Gasteiger partial charge is 0.439 e. The minimum atomic E-state index is -1.03. The van der Waals surface area contributed by atoms with Crippen LogP contribution in [0.4, 0.5) is 10.5 Å². The van der Waals surface area contributed by atoms with Crippen LogP contribution in [-0.4, -0.2) is 108 Å². The van der Waals surface area contributed by atoms with Gasteiger partial charge in [-0.3, -0.25) is 38.9 Å². The summed E-state index contributed by atoms with van der Waals surface area (Å²) in [5.41, 5.74) is 7.70. The number of nitrogens with two attached hydrogens (primary N) is 1. The van der Waals surface area contributed by atoms with Crippen LogP contribution in [0.3, 0.4) is 0 Å². The van der Waals surface area contributed by atoms with E-state index in [9.17, 15) is 43.5 Å². The van der Waals surface area contributed by atoms with E-state index < -0.39 is 65.8 Å². The predicted octanol–water partition coefficient (Wildman–Crippen LogP) is 3.31. The van der Waals surface area contributed by atoms with Crippen molar-refractivity contribution < 1.29 is 57.7 Å². The molecule has 18 heteroatoms. The number of rotatable bonds is 12. The van der Waals surface area contributed by atoms with Crippen LogP contribution < -0.4 is 27.0 Å². The van der Waals surface area contributed by atoms with Crippen LogP contribution in [0.5, 0.6) is 0 Å². The first kappa shape index (κ1) is 49.8. The zero-order chi connectivity index (χ0) is 47.5. The summed E-state index contributed by atoms with van der Waals surface area (Å²) in [5.74, 6) is -3.97. The lowest BCUT2D eigenvalue weighted by molar-refractivity contribution is -0.137. The van der Waals surface area contributed by atoms with Gasteiger partial charge < -0.3 is 45.9 Å². The number of aliphatic hydroxyl groups is 1. The fourth-order valence-corrected chi connectivity index (χ4v) is 8.49. The van der Waals surface area contributed by atoms with Crippen LogP contribution in [0.1, 0.15) is 95.0 Å². The number of imide groups is 1. The average molecular weight is 901 g/mol. The van der Waals surface area contributed by atoms with Gasteiger partial charge in [-0.2, -0.15) is 0 Å². The third-order valence-corrected chi connectivity index (χ3v) is 12.0. The lowest BCUT2D eigenvalue weighted by Gasteiger charge is -2.30. The number of carbonyl (C=O) groups excluding carboxylic acids is 8. The standard InChI is InChI=1S/C47H60N6O12/c1-25-20-30-40(49-19-9-7-8-16-38(55)50-32-14-11-13-29-31(32)24-53(46(29)61)34-17-18-39(56)52-45(34)60)35(54)23-33(42(30)58)51-44(59)26(2)12-10-15-36(63-5)43(65-47(48)62)28(4)22-27(3)41(57)37(21-25)64-6/h10-15,22-23,25,27,34,36-37,41,43,49,57H,7-9,16-21,24H2,1-6H3,(H2,48,62)(H,50,55)(H,51,59)(H,52,56,60)/b15-10-,26-12+,28-22+/t25-,27+,34?,36+,37+,41+,43+/m1/s1. The second-order valence-corrected chi connectivity index (χ2v) is 16.9. The summed E-state index contributed by atoms with van der Waals surface area (Å²) in [6.45, 7) is 7.32. The molecule has 3 aliphatic heterocycles. The number of hydrogen-bond acceptors (Lipinski definition) is 13. The smallest absolute Gasteiger partial charge is 0.405 e. The molecule has 0 saturated carbocycles. The van der Waals surface area contributed by atoms with E-state index in [1.165, 1.54) is 38.2 Å². The number of piperidine rings is 1. The van der Waals surface area contributed by atoms with Crippen molar-refractivity contribution in [3.8, 4) is 0 Å². The first-order chi connectivity index (χ1) is 30.9.